The van der Waals surface area contributed by atoms with E-state index in [0.29, 0.717) is 39.2 Å². The van der Waals surface area contributed by atoms with Crippen LogP contribution in [0, 0.1) is 6.92 Å². The fraction of sp³-hybridized carbons (Fsp3) is 0.0769. The number of benzene rings is 3. The number of halogens is 1. The van der Waals surface area contributed by atoms with Gasteiger partial charge in [-0.3, -0.25) is 9.59 Å². The van der Waals surface area contributed by atoms with Crippen LogP contribution in [0.2, 0.25) is 5.02 Å². The summed E-state index contributed by atoms with van der Waals surface area (Å²) in [5.74, 6) is 0.803. The zero-order valence-corrected chi connectivity index (χ0v) is 18.9. The Morgan fingerprint density at radius 1 is 0.848 bits per heavy atom. The summed E-state index contributed by atoms with van der Waals surface area (Å²) in [5, 5.41) is 6.38. The van der Waals surface area contributed by atoms with Crippen LogP contribution in [0.15, 0.2) is 78.9 Å². The highest BCUT2D eigenvalue weighted by atomic mass is 35.5. The zero-order valence-electron chi connectivity index (χ0n) is 18.1. The number of carbonyl (C=O) groups excluding carboxylic acids is 2. The Morgan fingerprint density at radius 3 is 2.39 bits per heavy atom. The Balaban J connectivity index is 1.55. The van der Waals surface area contributed by atoms with E-state index in [-0.39, 0.29) is 11.7 Å². The van der Waals surface area contributed by atoms with Crippen molar-refractivity contribution in [1.82, 2.24) is 9.97 Å². The Kier molecular flexibility index (Phi) is 6.47. The van der Waals surface area contributed by atoms with Crippen molar-refractivity contribution in [2.24, 2.45) is 0 Å². The molecule has 0 spiro atoms. The van der Waals surface area contributed by atoms with Crippen molar-refractivity contribution < 1.29 is 9.59 Å². The molecule has 4 aromatic rings. The normalized spacial score (nSPS) is 10.5. The van der Waals surface area contributed by atoms with Gasteiger partial charge in [0.1, 0.15) is 11.6 Å². The SMILES string of the molecule is CC(=O)c1ccc(Cl)c(NC(=O)c2cccc(Nc3cc(-c4ccccc4)nc(C)n3)c2)c1. The minimum absolute atomic E-state index is 0.108. The van der Waals surface area contributed by atoms with E-state index >= 15 is 0 Å². The maximum atomic E-state index is 12.8. The van der Waals surface area contributed by atoms with Gasteiger partial charge >= 0.3 is 0 Å². The molecular formula is C26H21ClN4O2. The number of aryl methyl sites for hydroxylation is 1. The van der Waals surface area contributed by atoms with Gasteiger partial charge in [-0.25, -0.2) is 9.97 Å². The monoisotopic (exact) mass is 456 g/mol. The van der Waals surface area contributed by atoms with Crippen molar-refractivity contribution in [3.63, 3.8) is 0 Å². The van der Waals surface area contributed by atoms with E-state index in [9.17, 15) is 9.59 Å². The number of anilines is 3. The number of rotatable bonds is 6. The molecule has 1 aromatic heterocycles. The van der Waals surface area contributed by atoms with Crippen LogP contribution in [0.3, 0.4) is 0 Å². The van der Waals surface area contributed by atoms with E-state index in [1.165, 1.54) is 6.92 Å². The number of Topliss-reactive ketones (excluding diaryl/α,β-unsaturated/α-hetero) is 1. The van der Waals surface area contributed by atoms with Gasteiger partial charge < -0.3 is 10.6 Å². The molecule has 0 radical (unpaired) electrons. The van der Waals surface area contributed by atoms with Gasteiger partial charge in [0, 0.05) is 28.4 Å². The predicted molar refractivity (Wildman–Crippen MR) is 131 cm³/mol. The molecule has 7 heteroatoms. The standard InChI is InChI=1S/C26H21ClN4O2/c1-16(32)19-11-12-22(27)24(14-19)31-26(33)20-9-6-10-21(13-20)30-25-15-23(28-17(2)29-25)18-7-4-3-5-8-18/h3-15H,1-2H3,(H,31,33)(H,28,29,30). The van der Waals surface area contributed by atoms with Gasteiger partial charge in [-0.1, -0.05) is 48.0 Å². The van der Waals surface area contributed by atoms with E-state index in [1.54, 1.807) is 36.4 Å². The van der Waals surface area contributed by atoms with Gasteiger partial charge in [0.2, 0.25) is 0 Å². The number of hydrogen-bond donors (Lipinski definition) is 2. The van der Waals surface area contributed by atoms with Crippen LogP contribution >= 0.6 is 11.6 Å². The van der Waals surface area contributed by atoms with Crippen LogP contribution < -0.4 is 10.6 Å². The first-order chi connectivity index (χ1) is 15.9. The molecule has 1 heterocycles. The molecule has 0 aliphatic heterocycles. The number of aromatic nitrogens is 2. The molecule has 164 valence electrons. The second-order valence-corrected chi connectivity index (χ2v) is 7.87. The van der Waals surface area contributed by atoms with Crippen LogP contribution in [-0.2, 0) is 0 Å². The van der Waals surface area contributed by atoms with E-state index in [2.05, 4.69) is 20.6 Å². The number of nitrogens with zero attached hydrogens (tertiary/aromatic N) is 2. The molecule has 0 saturated carbocycles. The van der Waals surface area contributed by atoms with Crippen molar-refractivity contribution >= 4 is 40.5 Å². The second-order valence-electron chi connectivity index (χ2n) is 7.46. The van der Waals surface area contributed by atoms with Gasteiger partial charge in [-0.05, 0) is 50.2 Å². The average molecular weight is 457 g/mol. The summed E-state index contributed by atoms with van der Waals surface area (Å²) in [7, 11) is 0. The Bertz CT molecular complexity index is 1340. The molecule has 0 aliphatic rings. The molecule has 6 nitrogen and oxygen atoms in total. The first-order valence-electron chi connectivity index (χ1n) is 10.3. The lowest BCUT2D eigenvalue weighted by molar-refractivity contribution is 0.101. The third-order valence-corrected chi connectivity index (χ3v) is 5.26. The summed E-state index contributed by atoms with van der Waals surface area (Å²) in [6.45, 7) is 3.29. The van der Waals surface area contributed by atoms with E-state index in [1.807, 2.05) is 49.4 Å². The molecule has 33 heavy (non-hydrogen) atoms. The lowest BCUT2D eigenvalue weighted by Crippen LogP contribution is -2.13. The second kappa shape index (κ2) is 9.63. The van der Waals surface area contributed by atoms with Gasteiger partial charge in [0.05, 0.1) is 16.4 Å². The zero-order chi connectivity index (χ0) is 23.4. The molecule has 2 N–H and O–H groups in total. The van der Waals surface area contributed by atoms with Gasteiger partial charge in [-0.2, -0.15) is 0 Å². The van der Waals surface area contributed by atoms with Gasteiger partial charge in [0.15, 0.2) is 5.78 Å². The molecular weight excluding hydrogens is 436 g/mol. The topological polar surface area (TPSA) is 84.0 Å². The molecule has 0 fully saturated rings. The third-order valence-electron chi connectivity index (χ3n) is 4.93. The minimum atomic E-state index is -0.343. The van der Waals surface area contributed by atoms with Crippen molar-refractivity contribution in [1.29, 1.82) is 0 Å². The molecule has 0 unspecified atom stereocenters. The van der Waals surface area contributed by atoms with Crippen LogP contribution in [-0.4, -0.2) is 21.7 Å². The fourth-order valence-corrected chi connectivity index (χ4v) is 3.47. The molecule has 0 atom stereocenters. The fourth-order valence-electron chi connectivity index (χ4n) is 3.31. The summed E-state index contributed by atoms with van der Waals surface area (Å²) < 4.78 is 0. The molecule has 4 rings (SSSR count). The van der Waals surface area contributed by atoms with E-state index in [0.717, 1.165) is 11.3 Å². The number of nitrogens with one attached hydrogen (secondary N) is 2. The Hall–Kier alpha value is -4.03. The van der Waals surface area contributed by atoms with Gasteiger partial charge in [-0.15, -0.1) is 0 Å². The minimum Gasteiger partial charge on any atom is -0.340 e. The molecule has 0 aliphatic carbocycles. The third kappa shape index (κ3) is 5.42. The van der Waals surface area contributed by atoms with E-state index in [4.69, 9.17) is 11.6 Å². The average Bonchev–Trinajstić information content (AvgIpc) is 2.80. The highest BCUT2D eigenvalue weighted by Gasteiger charge is 2.12. The quantitative estimate of drug-likeness (QED) is 0.332. The van der Waals surface area contributed by atoms with Crippen LogP contribution in [0.5, 0.6) is 0 Å². The highest BCUT2D eigenvalue weighted by molar-refractivity contribution is 6.34. The largest absolute Gasteiger partial charge is 0.340 e. The van der Waals surface area contributed by atoms with Crippen molar-refractivity contribution in [3.8, 4) is 11.3 Å². The van der Waals surface area contributed by atoms with E-state index < -0.39 is 0 Å². The lowest BCUT2D eigenvalue weighted by Gasteiger charge is -2.11. The summed E-state index contributed by atoms with van der Waals surface area (Å²) in [4.78, 5) is 33.5. The maximum Gasteiger partial charge on any atom is 0.255 e. The summed E-state index contributed by atoms with van der Waals surface area (Å²) in [6.07, 6.45) is 0. The summed E-state index contributed by atoms with van der Waals surface area (Å²) >= 11 is 6.20. The maximum absolute atomic E-state index is 12.8. The van der Waals surface area contributed by atoms with Crippen molar-refractivity contribution in [2.45, 2.75) is 13.8 Å². The number of hydrogen-bond acceptors (Lipinski definition) is 5. The smallest absolute Gasteiger partial charge is 0.255 e. The Labute approximate surface area is 196 Å². The first-order valence-corrected chi connectivity index (χ1v) is 10.7. The summed E-state index contributed by atoms with van der Waals surface area (Å²) in [5.41, 5.74) is 3.77. The van der Waals surface area contributed by atoms with Crippen LogP contribution in [0.4, 0.5) is 17.2 Å². The van der Waals surface area contributed by atoms with Crippen LogP contribution in [0.25, 0.3) is 11.3 Å². The first kappa shape index (κ1) is 22.2. The molecule has 1 amide bonds. The molecule has 3 aromatic carbocycles. The highest BCUT2D eigenvalue weighted by Crippen LogP contribution is 2.25. The molecule has 0 saturated heterocycles. The Morgan fingerprint density at radius 2 is 1.64 bits per heavy atom. The van der Waals surface area contributed by atoms with Crippen molar-refractivity contribution in [2.75, 3.05) is 10.6 Å². The summed E-state index contributed by atoms with van der Waals surface area (Å²) in [6, 6.07) is 23.5. The van der Waals surface area contributed by atoms with Crippen LogP contribution in [0.1, 0.15) is 33.5 Å². The van der Waals surface area contributed by atoms with Crippen molar-refractivity contribution in [3.05, 3.63) is 101 Å². The molecule has 0 bridgehead atoms. The number of amides is 1. The predicted octanol–water partition coefficient (Wildman–Crippen LogP) is 6.30. The number of ketones is 1. The number of carbonyl (C=O) groups is 2. The lowest BCUT2D eigenvalue weighted by atomic mass is 10.1. The van der Waals surface area contributed by atoms with Gasteiger partial charge in [0.25, 0.3) is 5.91 Å².